The van der Waals surface area contributed by atoms with Crippen molar-refractivity contribution in [3.63, 3.8) is 0 Å². The molecule has 5 nitrogen and oxygen atoms in total. The van der Waals surface area contributed by atoms with Crippen LogP contribution in [0.2, 0.25) is 0 Å². The van der Waals surface area contributed by atoms with Crippen molar-refractivity contribution in [2.45, 2.75) is 20.3 Å². The van der Waals surface area contributed by atoms with E-state index in [2.05, 4.69) is 38.9 Å². The zero-order valence-corrected chi connectivity index (χ0v) is 14.1. The highest BCUT2D eigenvalue weighted by atomic mass is 16.2. The molecule has 1 N–H and O–H groups in total. The van der Waals surface area contributed by atoms with Gasteiger partial charge < -0.3 is 9.88 Å². The lowest BCUT2D eigenvalue weighted by Crippen LogP contribution is -2.15. The van der Waals surface area contributed by atoms with Crippen molar-refractivity contribution in [3.8, 4) is 11.3 Å². The average molecular weight is 320 g/mol. The fourth-order valence-electron chi connectivity index (χ4n) is 3.22. The molecule has 0 saturated heterocycles. The minimum absolute atomic E-state index is 0.0774. The van der Waals surface area contributed by atoms with Crippen LogP contribution in [0.4, 0.5) is 5.82 Å². The Morgan fingerprint density at radius 1 is 1.33 bits per heavy atom. The second-order valence-corrected chi connectivity index (χ2v) is 6.66. The first-order valence-corrected chi connectivity index (χ1v) is 8.23. The van der Waals surface area contributed by atoms with E-state index in [0.29, 0.717) is 11.7 Å². The fourth-order valence-corrected chi connectivity index (χ4v) is 3.22. The number of hydrogen-bond acceptors (Lipinski definition) is 3. The molecule has 1 fully saturated rings. The van der Waals surface area contributed by atoms with E-state index in [1.54, 1.807) is 6.20 Å². The van der Waals surface area contributed by atoms with Crippen LogP contribution in [0.5, 0.6) is 0 Å². The van der Waals surface area contributed by atoms with Gasteiger partial charge in [0.05, 0.1) is 17.4 Å². The Morgan fingerprint density at radius 2 is 2.12 bits per heavy atom. The maximum Gasteiger partial charge on any atom is 0.228 e. The molecule has 3 aromatic heterocycles. The molecule has 1 saturated carbocycles. The maximum atomic E-state index is 12.1. The molecule has 1 aliphatic carbocycles. The van der Waals surface area contributed by atoms with Crippen molar-refractivity contribution >= 4 is 22.6 Å². The van der Waals surface area contributed by atoms with Crippen LogP contribution >= 0.6 is 0 Å². The molecule has 1 amide bonds. The van der Waals surface area contributed by atoms with Crippen molar-refractivity contribution in [1.29, 1.82) is 0 Å². The number of nitrogens with zero attached hydrogens (tertiary/aromatic N) is 3. The van der Waals surface area contributed by atoms with Gasteiger partial charge in [-0.1, -0.05) is 6.92 Å². The predicted octanol–water partition coefficient (Wildman–Crippen LogP) is 3.54. The highest BCUT2D eigenvalue weighted by Crippen LogP contribution is 2.38. The van der Waals surface area contributed by atoms with Crippen LogP contribution in [-0.2, 0) is 11.8 Å². The number of anilines is 1. The zero-order chi connectivity index (χ0) is 16.8. The van der Waals surface area contributed by atoms with E-state index in [9.17, 15) is 4.79 Å². The Hall–Kier alpha value is -2.69. The molecular formula is C19H20N4O. The maximum absolute atomic E-state index is 12.1. The number of carbonyl (C=O) groups excluding carboxylic acids is 1. The highest BCUT2D eigenvalue weighted by Gasteiger charge is 2.39. The second-order valence-electron chi connectivity index (χ2n) is 6.66. The molecule has 2 atom stereocenters. The van der Waals surface area contributed by atoms with Crippen molar-refractivity contribution < 1.29 is 4.79 Å². The van der Waals surface area contributed by atoms with Gasteiger partial charge in [-0.05, 0) is 43.5 Å². The largest absolute Gasteiger partial charge is 0.342 e. The molecule has 3 heterocycles. The van der Waals surface area contributed by atoms with Crippen LogP contribution in [0.1, 0.15) is 19.0 Å². The van der Waals surface area contributed by atoms with Crippen LogP contribution in [0.25, 0.3) is 22.2 Å². The summed E-state index contributed by atoms with van der Waals surface area (Å²) in [4.78, 5) is 20.9. The third-order valence-corrected chi connectivity index (χ3v) is 4.91. The lowest BCUT2D eigenvalue weighted by molar-refractivity contribution is -0.117. The van der Waals surface area contributed by atoms with Gasteiger partial charge in [0.2, 0.25) is 5.91 Å². The van der Waals surface area contributed by atoms with Crippen LogP contribution in [0, 0.1) is 18.8 Å². The van der Waals surface area contributed by atoms with Gasteiger partial charge in [-0.25, -0.2) is 4.98 Å². The molecule has 2 unspecified atom stereocenters. The number of carbonyl (C=O) groups is 1. The zero-order valence-electron chi connectivity index (χ0n) is 14.1. The van der Waals surface area contributed by atoms with Gasteiger partial charge >= 0.3 is 0 Å². The Kier molecular flexibility index (Phi) is 3.37. The van der Waals surface area contributed by atoms with E-state index in [-0.39, 0.29) is 11.8 Å². The normalized spacial score (nSPS) is 19.5. The summed E-state index contributed by atoms with van der Waals surface area (Å²) in [5, 5.41) is 3.99. The van der Waals surface area contributed by atoms with Crippen LogP contribution in [0.3, 0.4) is 0 Å². The summed E-state index contributed by atoms with van der Waals surface area (Å²) in [6, 6.07) is 8.08. The first-order valence-electron chi connectivity index (χ1n) is 8.23. The standard InChI is InChI=1S/C19H20N4O/c1-11-7-15(11)19(24)22-18-9-13-8-16(23(3)17(13)10-21-18)14-5-4-6-20-12(14)2/h4-6,8-11,15H,7H2,1-3H3,(H,21,22,24). The third kappa shape index (κ3) is 2.46. The van der Waals surface area contributed by atoms with E-state index in [1.165, 1.54) is 0 Å². The van der Waals surface area contributed by atoms with E-state index >= 15 is 0 Å². The molecule has 122 valence electrons. The smallest absolute Gasteiger partial charge is 0.228 e. The minimum atomic E-state index is 0.0774. The number of nitrogens with one attached hydrogen (secondary N) is 1. The second kappa shape index (κ2) is 5.44. The number of pyridine rings is 2. The topological polar surface area (TPSA) is 59.8 Å². The minimum Gasteiger partial charge on any atom is -0.342 e. The molecule has 0 spiro atoms. The Labute approximate surface area is 140 Å². The van der Waals surface area contributed by atoms with Crippen LogP contribution in [0.15, 0.2) is 36.7 Å². The summed E-state index contributed by atoms with van der Waals surface area (Å²) < 4.78 is 2.11. The summed E-state index contributed by atoms with van der Waals surface area (Å²) in [6.07, 6.45) is 4.59. The first-order chi connectivity index (χ1) is 11.5. The Bertz CT molecular complexity index is 944. The van der Waals surface area contributed by atoms with Crippen LogP contribution < -0.4 is 5.32 Å². The number of aromatic nitrogens is 3. The molecule has 0 aromatic carbocycles. The number of fused-ring (bicyclic) bond motifs is 1. The number of aryl methyl sites for hydroxylation is 2. The molecule has 0 bridgehead atoms. The molecule has 4 rings (SSSR count). The molecule has 3 aromatic rings. The third-order valence-electron chi connectivity index (χ3n) is 4.91. The molecular weight excluding hydrogens is 300 g/mol. The Balaban J connectivity index is 1.70. The molecule has 1 aliphatic rings. The summed E-state index contributed by atoms with van der Waals surface area (Å²) >= 11 is 0. The van der Waals surface area contributed by atoms with E-state index < -0.39 is 0 Å². The quantitative estimate of drug-likeness (QED) is 0.803. The van der Waals surface area contributed by atoms with Gasteiger partial charge in [0.1, 0.15) is 5.82 Å². The fraction of sp³-hybridized carbons (Fsp3) is 0.316. The van der Waals surface area contributed by atoms with Gasteiger partial charge in [-0.15, -0.1) is 0 Å². The van der Waals surface area contributed by atoms with Crippen molar-refractivity contribution in [2.75, 3.05) is 5.32 Å². The molecule has 0 aliphatic heterocycles. The lowest BCUT2D eigenvalue weighted by atomic mass is 10.1. The summed E-state index contributed by atoms with van der Waals surface area (Å²) in [6.45, 7) is 4.11. The summed E-state index contributed by atoms with van der Waals surface area (Å²) in [5.41, 5.74) is 4.23. The molecule has 0 radical (unpaired) electrons. The molecule has 5 heteroatoms. The highest BCUT2D eigenvalue weighted by molar-refractivity contribution is 5.96. The summed E-state index contributed by atoms with van der Waals surface area (Å²) in [7, 11) is 2.02. The van der Waals surface area contributed by atoms with Gasteiger partial charge in [0.25, 0.3) is 0 Å². The van der Waals surface area contributed by atoms with Crippen molar-refractivity contribution in [2.24, 2.45) is 18.9 Å². The number of hydrogen-bond donors (Lipinski definition) is 1. The van der Waals surface area contributed by atoms with E-state index in [4.69, 9.17) is 0 Å². The van der Waals surface area contributed by atoms with Gasteiger partial charge in [-0.2, -0.15) is 0 Å². The van der Waals surface area contributed by atoms with Crippen LogP contribution in [-0.4, -0.2) is 20.4 Å². The van der Waals surface area contributed by atoms with E-state index in [1.807, 2.05) is 32.3 Å². The Morgan fingerprint density at radius 3 is 2.83 bits per heavy atom. The monoisotopic (exact) mass is 320 g/mol. The van der Waals surface area contributed by atoms with Gasteiger partial charge in [0, 0.05) is 35.8 Å². The lowest BCUT2D eigenvalue weighted by Gasteiger charge is -2.07. The first kappa shape index (κ1) is 14.9. The number of rotatable bonds is 3. The average Bonchev–Trinajstić information content (AvgIpc) is 3.21. The van der Waals surface area contributed by atoms with Gasteiger partial charge in [-0.3, -0.25) is 9.78 Å². The summed E-state index contributed by atoms with van der Waals surface area (Å²) in [5.74, 6) is 1.33. The molecule has 24 heavy (non-hydrogen) atoms. The van der Waals surface area contributed by atoms with E-state index in [0.717, 1.165) is 34.3 Å². The van der Waals surface area contributed by atoms with Gasteiger partial charge in [0.15, 0.2) is 0 Å². The number of amides is 1. The SMILES string of the molecule is Cc1ncccc1-c1cc2cc(NC(=O)C3CC3C)ncc2n1C. The van der Waals surface area contributed by atoms with Crippen molar-refractivity contribution in [3.05, 3.63) is 42.4 Å². The van der Waals surface area contributed by atoms with Crippen molar-refractivity contribution in [1.82, 2.24) is 14.5 Å². The predicted molar refractivity (Wildman–Crippen MR) is 94.6 cm³/mol.